The third-order valence-corrected chi connectivity index (χ3v) is 3.94. The maximum Gasteiger partial charge on any atom is 0.0940 e. The SMILES string of the molecule is Cc1csc(CCNCc2ccc(Cl)c(N)c2)n1. The van der Waals surface area contributed by atoms with Crippen LogP contribution in [0.25, 0.3) is 0 Å². The van der Waals surface area contributed by atoms with E-state index >= 15 is 0 Å². The van der Waals surface area contributed by atoms with Crippen LogP contribution < -0.4 is 11.1 Å². The van der Waals surface area contributed by atoms with Gasteiger partial charge in [0, 0.05) is 30.6 Å². The topological polar surface area (TPSA) is 50.9 Å². The molecule has 0 unspecified atom stereocenters. The third-order valence-electron chi connectivity index (χ3n) is 2.57. The third kappa shape index (κ3) is 3.70. The van der Waals surface area contributed by atoms with Crippen LogP contribution in [0.15, 0.2) is 23.6 Å². The van der Waals surface area contributed by atoms with Gasteiger partial charge in [0.2, 0.25) is 0 Å². The summed E-state index contributed by atoms with van der Waals surface area (Å²) in [6.45, 7) is 3.73. The number of rotatable bonds is 5. The molecule has 3 nitrogen and oxygen atoms in total. The van der Waals surface area contributed by atoms with Crippen LogP contribution in [0.1, 0.15) is 16.3 Å². The molecule has 96 valence electrons. The van der Waals surface area contributed by atoms with E-state index in [1.54, 1.807) is 11.3 Å². The number of benzene rings is 1. The molecule has 0 atom stereocenters. The molecule has 0 saturated carbocycles. The molecular weight excluding hydrogens is 266 g/mol. The van der Waals surface area contributed by atoms with Crippen molar-refractivity contribution in [2.24, 2.45) is 0 Å². The summed E-state index contributed by atoms with van der Waals surface area (Å²) >= 11 is 7.58. The molecule has 1 heterocycles. The summed E-state index contributed by atoms with van der Waals surface area (Å²) < 4.78 is 0. The van der Waals surface area contributed by atoms with E-state index in [-0.39, 0.29) is 0 Å². The second-order valence-electron chi connectivity index (χ2n) is 4.17. The summed E-state index contributed by atoms with van der Waals surface area (Å²) in [6.07, 6.45) is 0.960. The fraction of sp³-hybridized carbons (Fsp3) is 0.308. The number of aromatic nitrogens is 1. The minimum atomic E-state index is 0.608. The molecule has 0 aliphatic carbocycles. The van der Waals surface area contributed by atoms with Crippen molar-refractivity contribution < 1.29 is 0 Å². The molecule has 1 aromatic heterocycles. The number of nitrogen functional groups attached to an aromatic ring is 1. The zero-order chi connectivity index (χ0) is 13.0. The zero-order valence-electron chi connectivity index (χ0n) is 10.2. The van der Waals surface area contributed by atoms with Crippen molar-refractivity contribution in [3.05, 3.63) is 44.9 Å². The van der Waals surface area contributed by atoms with Crippen molar-refractivity contribution in [1.82, 2.24) is 10.3 Å². The summed E-state index contributed by atoms with van der Waals surface area (Å²) in [6, 6.07) is 5.72. The van der Waals surface area contributed by atoms with Crippen LogP contribution >= 0.6 is 22.9 Å². The number of nitrogens with one attached hydrogen (secondary N) is 1. The van der Waals surface area contributed by atoms with Gasteiger partial charge in [-0.25, -0.2) is 4.98 Å². The number of thiazole rings is 1. The van der Waals surface area contributed by atoms with E-state index in [9.17, 15) is 0 Å². The van der Waals surface area contributed by atoms with Gasteiger partial charge < -0.3 is 11.1 Å². The van der Waals surface area contributed by atoms with Crippen molar-refractivity contribution in [2.45, 2.75) is 19.9 Å². The van der Waals surface area contributed by atoms with Crippen molar-refractivity contribution in [3.63, 3.8) is 0 Å². The van der Waals surface area contributed by atoms with E-state index in [0.29, 0.717) is 10.7 Å². The lowest BCUT2D eigenvalue weighted by atomic mass is 10.2. The molecule has 0 spiro atoms. The highest BCUT2D eigenvalue weighted by molar-refractivity contribution is 7.09. The number of aryl methyl sites for hydroxylation is 1. The minimum absolute atomic E-state index is 0.608. The van der Waals surface area contributed by atoms with Crippen molar-refractivity contribution >= 4 is 28.6 Å². The summed E-state index contributed by atoms with van der Waals surface area (Å²) in [5.74, 6) is 0. The van der Waals surface area contributed by atoms with Crippen molar-refractivity contribution in [1.29, 1.82) is 0 Å². The van der Waals surface area contributed by atoms with Crippen LogP contribution in [0.4, 0.5) is 5.69 Å². The van der Waals surface area contributed by atoms with Gasteiger partial charge in [-0.2, -0.15) is 0 Å². The van der Waals surface area contributed by atoms with E-state index in [1.165, 1.54) is 5.01 Å². The van der Waals surface area contributed by atoms with Crippen LogP contribution in [0.5, 0.6) is 0 Å². The predicted octanol–water partition coefficient (Wildman–Crippen LogP) is 3.02. The Balaban J connectivity index is 1.76. The average molecular weight is 282 g/mol. The summed E-state index contributed by atoms with van der Waals surface area (Å²) in [5.41, 5.74) is 8.62. The molecule has 3 N–H and O–H groups in total. The smallest absolute Gasteiger partial charge is 0.0940 e. The van der Waals surface area contributed by atoms with E-state index < -0.39 is 0 Å². The predicted molar refractivity (Wildman–Crippen MR) is 78.1 cm³/mol. The molecule has 0 saturated heterocycles. The molecule has 0 aliphatic rings. The number of nitrogens with zero attached hydrogens (tertiary/aromatic N) is 1. The van der Waals surface area contributed by atoms with Crippen LogP contribution in [-0.4, -0.2) is 11.5 Å². The molecule has 2 rings (SSSR count). The summed E-state index contributed by atoms with van der Waals surface area (Å²) in [5, 5.41) is 7.24. The molecule has 5 heteroatoms. The maximum atomic E-state index is 5.87. The van der Waals surface area contributed by atoms with E-state index in [2.05, 4.69) is 15.7 Å². The Labute approximate surface area is 116 Å². The number of nitrogens with two attached hydrogens (primary N) is 1. The van der Waals surface area contributed by atoms with Gasteiger partial charge >= 0.3 is 0 Å². The number of halogens is 1. The van der Waals surface area contributed by atoms with Crippen LogP contribution in [0.3, 0.4) is 0 Å². The van der Waals surface area contributed by atoms with Crippen LogP contribution in [0.2, 0.25) is 5.02 Å². The first-order valence-electron chi connectivity index (χ1n) is 5.81. The van der Waals surface area contributed by atoms with Gasteiger partial charge in [0.25, 0.3) is 0 Å². The first-order valence-corrected chi connectivity index (χ1v) is 7.06. The largest absolute Gasteiger partial charge is 0.398 e. The lowest BCUT2D eigenvalue weighted by Gasteiger charge is -2.05. The lowest BCUT2D eigenvalue weighted by Crippen LogP contribution is -2.16. The molecule has 0 fully saturated rings. The molecule has 1 aromatic carbocycles. The zero-order valence-corrected chi connectivity index (χ0v) is 11.8. The quantitative estimate of drug-likeness (QED) is 0.654. The molecule has 0 bridgehead atoms. The van der Waals surface area contributed by atoms with Gasteiger partial charge in [-0.1, -0.05) is 17.7 Å². The van der Waals surface area contributed by atoms with E-state index in [4.69, 9.17) is 17.3 Å². The fourth-order valence-corrected chi connectivity index (χ4v) is 2.54. The molecule has 2 aromatic rings. The highest BCUT2D eigenvalue weighted by Crippen LogP contribution is 2.19. The highest BCUT2D eigenvalue weighted by atomic mass is 35.5. The van der Waals surface area contributed by atoms with Crippen molar-refractivity contribution in [3.8, 4) is 0 Å². The molecule has 0 amide bonds. The van der Waals surface area contributed by atoms with Gasteiger partial charge in [-0.15, -0.1) is 11.3 Å². The highest BCUT2D eigenvalue weighted by Gasteiger charge is 2.00. The van der Waals surface area contributed by atoms with E-state index in [0.717, 1.165) is 30.8 Å². The Kier molecular flexibility index (Phi) is 4.58. The molecule has 0 aliphatic heterocycles. The first-order chi connectivity index (χ1) is 8.65. The summed E-state index contributed by atoms with van der Waals surface area (Å²) in [7, 11) is 0. The normalized spacial score (nSPS) is 10.8. The van der Waals surface area contributed by atoms with Crippen LogP contribution in [0, 0.1) is 6.92 Å². The average Bonchev–Trinajstić information content (AvgIpc) is 2.75. The number of hydrogen-bond acceptors (Lipinski definition) is 4. The Morgan fingerprint density at radius 2 is 2.28 bits per heavy atom. The Morgan fingerprint density at radius 1 is 1.44 bits per heavy atom. The Morgan fingerprint density at radius 3 is 2.94 bits per heavy atom. The standard InChI is InChI=1S/C13H16ClN3S/c1-9-8-18-13(17-9)4-5-16-7-10-2-3-11(14)12(15)6-10/h2-3,6,8,16H,4-5,7,15H2,1H3. The maximum absolute atomic E-state index is 5.87. The van der Waals surface area contributed by atoms with Gasteiger partial charge in [0.15, 0.2) is 0 Å². The second kappa shape index (κ2) is 6.18. The summed E-state index contributed by atoms with van der Waals surface area (Å²) in [4.78, 5) is 4.42. The minimum Gasteiger partial charge on any atom is -0.398 e. The molecule has 0 radical (unpaired) electrons. The Hall–Kier alpha value is -1.10. The van der Waals surface area contributed by atoms with Crippen LogP contribution in [-0.2, 0) is 13.0 Å². The van der Waals surface area contributed by atoms with Gasteiger partial charge in [0.1, 0.15) is 0 Å². The fourth-order valence-electron chi connectivity index (χ4n) is 1.65. The number of anilines is 1. The first kappa shape index (κ1) is 13.3. The molecule has 18 heavy (non-hydrogen) atoms. The van der Waals surface area contributed by atoms with Gasteiger partial charge in [-0.3, -0.25) is 0 Å². The Bertz CT molecular complexity index is 525. The van der Waals surface area contributed by atoms with Crippen molar-refractivity contribution in [2.75, 3.05) is 12.3 Å². The monoisotopic (exact) mass is 281 g/mol. The van der Waals surface area contributed by atoms with E-state index in [1.807, 2.05) is 25.1 Å². The number of hydrogen-bond donors (Lipinski definition) is 2. The lowest BCUT2D eigenvalue weighted by molar-refractivity contribution is 0.685. The van der Waals surface area contributed by atoms with Gasteiger partial charge in [0.05, 0.1) is 15.7 Å². The molecular formula is C13H16ClN3S. The second-order valence-corrected chi connectivity index (χ2v) is 5.52. The van der Waals surface area contributed by atoms with Gasteiger partial charge in [-0.05, 0) is 24.6 Å².